The summed E-state index contributed by atoms with van der Waals surface area (Å²) in [7, 11) is 0. The molecule has 2 atom stereocenters. The molecule has 3 nitrogen and oxygen atoms in total. The monoisotopic (exact) mass is 427 g/mol. The highest BCUT2D eigenvalue weighted by Crippen LogP contribution is 2.12. The Morgan fingerprint density at radius 2 is 1.50 bits per heavy atom. The van der Waals surface area contributed by atoms with Gasteiger partial charge >= 0.3 is 0 Å². The van der Waals surface area contributed by atoms with Gasteiger partial charge in [-0.25, -0.2) is 0 Å². The SMILES string of the molecule is C=CC.CC.CC.CC(C)[C@H](C)C(=O)NC(Cc1ccccc1)C(=O)Br. The van der Waals surface area contributed by atoms with Crippen molar-refractivity contribution in [3.05, 3.63) is 48.6 Å². The first-order valence-electron chi connectivity index (χ1n) is 9.44. The number of halogens is 1. The molecule has 0 bridgehead atoms. The van der Waals surface area contributed by atoms with E-state index in [1.807, 2.05) is 85.7 Å². The van der Waals surface area contributed by atoms with Crippen LogP contribution < -0.4 is 5.32 Å². The Bertz CT molecular complexity index is 472. The molecule has 0 heterocycles. The Labute approximate surface area is 169 Å². The van der Waals surface area contributed by atoms with Crippen molar-refractivity contribution in [3.8, 4) is 0 Å². The van der Waals surface area contributed by atoms with E-state index < -0.39 is 6.04 Å². The van der Waals surface area contributed by atoms with Crippen molar-refractivity contribution >= 4 is 26.5 Å². The molecule has 0 aliphatic heterocycles. The summed E-state index contributed by atoms with van der Waals surface area (Å²) in [6.45, 7) is 19.1. The molecule has 1 aromatic carbocycles. The molecule has 150 valence electrons. The number of benzene rings is 1. The fourth-order valence-corrected chi connectivity index (χ4v) is 1.92. The fourth-order valence-electron chi connectivity index (χ4n) is 1.64. The minimum atomic E-state index is -0.518. The van der Waals surface area contributed by atoms with Crippen LogP contribution in [-0.4, -0.2) is 16.6 Å². The molecule has 1 aromatic rings. The molecular weight excluding hydrogens is 390 g/mol. The van der Waals surface area contributed by atoms with Crippen molar-refractivity contribution in [2.24, 2.45) is 11.8 Å². The molecular formula is C22H38BrNO2. The molecule has 0 radical (unpaired) electrons. The van der Waals surface area contributed by atoms with Gasteiger partial charge in [-0.2, -0.15) is 0 Å². The van der Waals surface area contributed by atoms with E-state index in [0.717, 1.165) is 5.56 Å². The van der Waals surface area contributed by atoms with Crippen LogP contribution in [0.25, 0.3) is 0 Å². The number of allylic oxidation sites excluding steroid dienone is 1. The first-order valence-corrected chi connectivity index (χ1v) is 10.2. The van der Waals surface area contributed by atoms with Gasteiger partial charge in [-0.1, -0.05) is 84.9 Å². The smallest absolute Gasteiger partial charge is 0.223 e. The van der Waals surface area contributed by atoms with Crippen LogP contribution in [-0.2, 0) is 16.0 Å². The van der Waals surface area contributed by atoms with Gasteiger partial charge < -0.3 is 5.32 Å². The first kappa shape index (κ1) is 29.3. The number of rotatable bonds is 6. The average molecular weight is 428 g/mol. The van der Waals surface area contributed by atoms with Gasteiger partial charge in [0, 0.05) is 12.3 Å². The molecule has 1 rings (SSSR count). The van der Waals surface area contributed by atoms with Gasteiger partial charge in [0.05, 0.1) is 0 Å². The van der Waals surface area contributed by atoms with Crippen LogP contribution in [0, 0.1) is 11.8 Å². The maximum absolute atomic E-state index is 12.0. The van der Waals surface area contributed by atoms with Gasteiger partial charge in [-0.15, -0.1) is 6.58 Å². The van der Waals surface area contributed by atoms with Gasteiger partial charge in [0.15, 0.2) is 0 Å². The lowest BCUT2D eigenvalue weighted by atomic mass is 9.96. The largest absolute Gasteiger partial charge is 0.345 e. The zero-order valence-electron chi connectivity index (χ0n) is 17.8. The van der Waals surface area contributed by atoms with Crippen LogP contribution in [0.3, 0.4) is 0 Å². The number of hydrogen-bond acceptors (Lipinski definition) is 2. The molecule has 0 spiro atoms. The predicted octanol–water partition coefficient (Wildman–Crippen LogP) is 6.17. The van der Waals surface area contributed by atoms with Crippen molar-refractivity contribution in [2.45, 2.75) is 67.9 Å². The summed E-state index contributed by atoms with van der Waals surface area (Å²) in [5, 5.41) is 2.81. The highest BCUT2D eigenvalue weighted by molar-refractivity contribution is 9.18. The Balaban J connectivity index is -0.000000663. The van der Waals surface area contributed by atoms with E-state index in [9.17, 15) is 9.59 Å². The highest BCUT2D eigenvalue weighted by atomic mass is 79.9. The summed E-state index contributed by atoms with van der Waals surface area (Å²) in [5.74, 6) is 0.0663. The van der Waals surface area contributed by atoms with Crippen LogP contribution in [0.4, 0.5) is 0 Å². The summed E-state index contributed by atoms with van der Waals surface area (Å²) in [5.41, 5.74) is 1.03. The minimum Gasteiger partial charge on any atom is -0.345 e. The van der Waals surface area contributed by atoms with Crippen molar-refractivity contribution in [1.82, 2.24) is 5.32 Å². The van der Waals surface area contributed by atoms with Gasteiger partial charge in [-0.05, 0) is 34.3 Å². The third-order valence-electron chi connectivity index (χ3n) is 3.29. The van der Waals surface area contributed by atoms with Crippen LogP contribution >= 0.6 is 15.9 Å². The molecule has 0 fully saturated rings. The van der Waals surface area contributed by atoms with Crippen molar-refractivity contribution < 1.29 is 9.59 Å². The maximum Gasteiger partial charge on any atom is 0.223 e. The molecule has 1 amide bonds. The third kappa shape index (κ3) is 14.9. The van der Waals surface area contributed by atoms with Crippen LogP contribution in [0.2, 0.25) is 0 Å². The molecule has 1 N–H and O–H groups in total. The zero-order chi connectivity index (χ0) is 21.1. The van der Waals surface area contributed by atoms with Crippen LogP contribution in [0.5, 0.6) is 0 Å². The number of hydrogen-bond donors (Lipinski definition) is 1. The molecule has 1 unspecified atom stereocenters. The Hall–Kier alpha value is -1.42. The quantitative estimate of drug-likeness (QED) is 0.435. The number of nitrogens with one attached hydrogen (secondary N) is 1. The molecule has 0 aromatic heterocycles. The standard InChI is InChI=1S/C15H20BrNO2.C3H6.2C2H6/c1-10(2)11(3)15(19)17-13(14(16)18)9-12-7-5-4-6-8-12;1-3-2;2*1-2/h4-8,10-11,13H,9H2,1-3H3,(H,17,19);3H,1H2,2H3;2*1-2H3/t11-,13?;;;/m0.../s1. The Morgan fingerprint density at radius 3 is 1.85 bits per heavy atom. The van der Waals surface area contributed by atoms with E-state index in [1.54, 1.807) is 6.08 Å². The van der Waals surface area contributed by atoms with E-state index in [1.165, 1.54) is 0 Å². The zero-order valence-corrected chi connectivity index (χ0v) is 19.4. The van der Waals surface area contributed by atoms with Crippen LogP contribution in [0.15, 0.2) is 43.0 Å². The van der Waals surface area contributed by atoms with Gasteiger partial charge in [0.25, 0.3) is 0 Å². The highest BCUT2D eigenvalue weighted by Gasteiger charge is 2.23. The normalized spacial score (nSPS) is 11.2. The topological polar surface area (TPSA) is 46.2 Å². The maximum atomic E-state index is 12.0. The molecule has 26 heavy (non-hydrogen) atoms. The van der Waals surface area contributed by atoms with Crippen molar-refractivity contribution in [2.75, 3.05) is 0 Å². The predicted molar refractivity (Wildman–Crippen MR) is 119 cm³/mol. The molecule has 0 aliphatic carbocycles. The van der Waals surface area contributed by atoms with Gasteiger partial charge in [0.1, 0.15) is 6.04 Å². The van der Waals surface area contributed by atoms with Crippen molar-refractivity contribution in [1.29, 1.82) is 0 Å². The van der Waals surface area contributed by atoms with Crippen LogP contribution in [0.1, 0.15) is 61.0 Å². The second-order valence-electron chi connectivity index (χ2n) is 5.50. The summed E-state index contributed by atoms with van der Waals surface area (Å²) in [4.78, 5) is 23.6. The van der Waals surface area contributed by atoms with E-state index >= 15 is 0 Å². The summed E-state index contributed by atoms with van der Waals surface area (Å²) in [6.07, 6.45) is 2.25. The summed E-state index contributed by atoms with van der Waals surface area (Å²) < 4.78 is -0.194. The Morgan fingerprint density at radius 1 is 1.08 bits per heavy atom. The van der Waals surface area contributed by atoms with E-state index in [-0.39, 0.29) is 22.4 Å². The van der Waals surface area contributed by atoms with Gasteiger partial charge in [-0.3, -0.25) is 9.59 Å². The second kappa shape index (κ2) is 19.9. The third-order valence-corrected chi connectivity index (χ3v) is 3.84. The first-order chi connectivity index (χ1) is 12.3. The molecule has 0 saturated heterocycles. The lowest BCUT2D eigenvalue weighted by Gasteiger charge is -2.20. The number of carbonyl (C=O) groups excluding carboxylic acids is 2. The Kier molecular flexibility index (Phi) is 22.5. The van der Waals surface area contributed by atoms with Crippen molar-refractivity contribution in [3.63, 3.8) is 0 Å². The second-order valence-corrected chi connectivity index (χ2v) is 6.28. The lowest BCUT2D eigenvalue weighted by molar-refractivity contribution is -0.128. The van der Waals surface area contributed by atoms with Gasteiger partial charge in [0.2, 0.25) is 10.6 Å². The van der Waals surface area contributed by atoms with E-state index in [4.69, 9.17) is 0 Å². The molecule has 4 heteroatoms. The lowest BCUT2D eigenvalue weighted by Crippen LogP contribution is -2.43. The molecule has 0 aliphatic rings. The van der Waals surface area contributed by atoms with E-state index in [2.05, 4.69) is 27.8 Å². The fraction of sp³-hybridized carbons (Fsp3) is 0.545. The number of amides is 1. The average Bonchev–Trinajstić information content (AvgIpc) is 2.65. The number of carbonyl (C=O) groups is 2. The minimum absolute atomic E-state index is 0.0799. The molecule has 0 saturated carbocycles. The summed E-state index contributed by atoms with van der Waals surface area (Å²) >= 11 is 2.96. The van der Waals surface area contributed by atoms with E-state index in [0.29, 0.717) is 6.42 Å². The summed E-state index contributed by atoms with van der Waals surface area (Å²) in [6, 6.07) is 9.14.